The molecule has 0 bridgehead atoms. The number of hydrogen-bond donors (Lipinski definition) is 2. The van der Waals surface area contributed by atoms with Crippen molar-refractivity contribution in [3.8, 4) is 0 Å². The lowest BCUT2D eigenvalue weighted by Crippen LogP contribution is -2.50. The molecule has 0 spiro atoms. The van der Waals surface area contributed by atoms with E-state index in [-0.39, 0.29) is 12.0 Å². The molecule has 1 saturated heterocycles. The zero-order valence-corrected chi connectivity index (χ0v) is 7.19. The molecule has 1 rings (SSSR count). The SMILES string of the molecule is CCC1CCC(NC=O)B(O)O1. The van der Waals surface area contributed by atoms with Crippen molar-refractivity contribution in [3.63, 3.8) is 0 Å². The van der Waals surface area contributed by atoms with Gasteiger partial charge in [-0.25, -0.2) is 0 Å². The van der Waals surface area contributed by atoms with E-state index in [0.29, 0.717) is 6.41 Å². The number of nitrogens with one attached hydrogen (secondary N) is 1. The normalized spacial score (nSPS) is 30.0. The lowest BCUT2D eigenvalue weighted by molar-refractivity contribution is -0.110. The molecule has 0 aliphatic carbocycles. The summed E-state index contributed by atoms with van der Waals surface area (Å²) in [5.41, 5.74) is 0. The highest BCUT2D eigenvalue weighted by Gasteiger charge is 2.33. The van der Waals surface area contributed by atoms with Gasteiger partial charge in [0.2, 0.25) is 6.41 Å². The number of rotatable bonds is 3. The first-order valence-electron chi connectivity index (χ1n) is 4.31. The molecule has 0 aromatic rings. The summed E-state index contributed by atoms with van der Waals surface area (Å²) in [6.07, 6.45) is 3.34. The summed E-state index contributed by atoms with van der Waals surface area (Å²) in [5, 5.41) is 11.9. The lowest BCUT2D eigenvalue weighted by Gasteiger charge is -2.29. The second kappa shape index (κ2) is 4.47. The zero-order valence-electron chi connectivity index (χ0n) is 7.19. The highest BCUT2D eigenvalue weighted by molar-refractivity contribution is 6.45. The predicted molar refractivity (Wildman–Crippen MR) is 45.4 cm³/mol. The quantitative estimate of drug-likeness (QED) is 0.453. The molecule has 12 heavy (non-hydrogen) atoms. The van der Waals surface area contributed by atoms with Gasteiger partial charge >= 0.3 is 7.12 Å². The third kappa shape index (κ3) is 2.22. The molecule has 68 valence electrons. The van der Waals surface area contributed by atoms with Crippen LogP contribution in [-0.4, -0.2) is 30.6 Å². The number of carbonyl (C=O) groups is 1. The fourth-order valence-corrected chi connectivity index (χ4v) is 1.42. The van der Waals surface area contributed by atoms with E-state index in [1.54, 1.807) is 0 Å². The molecule has 1 aliphatic heterocycles. The highest BCUT2D eigenvalue weighted by atomic mass is 16.5. The van der Waals surface area contributed by atoms with E-state index in [1.165, 1.54) is 0 Å². The van der Waals surface area contributed by atoms with Crippen LogP contribution >= 0.6 is 0 Å². The summed E-state index contributed by atoms with van der Waals surface area (Å²) in [5.74, 6) is -0.231. The van der Waals surface area contributed by atoms with E-state index in [4.69, 9.17) is 4.65 Å². The molecule has 5 heteroatoms. The first kappa shape index (κ1) is 9.54. The largest absolute Gasteiger partial charge is 0.478 e. The summed E-state index contributed by atoms with van der Waals surface area (Å²) in [7, 11) is -0.839. The van der Waals surface area contributed by atoms with Crippen LogP contribution in [0.2, 0.25) is 0 Å². The van der Waals surface area contributed by atoms with Crippen molar-refractivity contribution in [2.45, 2.75) is 38.2 Å². The topological polar surface area (TPSA) is 58.6 Å². The van der Waals surface area contributed by atoms with Crippen LogP contribution in [0.5, 0.6) is 0 Å². The molecule has 4 nitrogen and oxygen atoms in total. The van der Waals surface area contributed by atoms with Crippen LogP contribution in [0.15, 0.2) is 0 Å². The monoisotopic (exact) mass is 171 g/mol. The first-order chi connectivity index (χ1) is 5.77. The average molecular weight is 171 g/mol. The van der Waals surface area contributed by atoms with E-state index < -0.39 is 7.12 Å². The second-order valence-electron chi connectivity index (χ2n) is 3.03. The van der Waals surface area contributed by atoms with Gasteiger partial charge in [0.1, 0.15) is 0 Å². The second-order valence-corrected chi connectivity index (χ2v) is 3.03. The Morgan fingerprint density at radius 2 is 2.50 bits per heavy atom. The molecule has 0 radical (unpaired) electrons. The zero-order chi connectivity index (χ0) is 8.97. The molecule has 1 aliphatic rings. The van der Waals surface area contributed by atoms with Gasteiger partial charge in [-0.1, -0.05) is 6.92 Å². The Morgan fingerprint density at radius 1 is 1.75 bits per heavy atom. The van der Waals surface area contributed by atoms with E-state index in [9.17, 15) is 9.82 Å². The van der Waals surface area contributed by atoms with Crippen LogP contribution in [0.1, 0.15) is 26.2 Å². The Kier molecular flexibility index (Phi) is 3.56. The Hall–Kier alpha value is -0.545. The Labute approximate surface area is 72.4 Å². The number of carbonyl (C=O) groups excluding carboxylic acids is 1. The third-order valence-corrected chi connectivity index (χ3v) is 2.21. The molecular weight excluding hydrogens is 157 g/mol. The van der Waals surface area contributed by atoms with Crippen molar-refractivity contribution in [1.82, 2.24) is 5.32 Å². The summed E-state index contributed by atoms with van der Waals surface area (Å²) >= 11 is 0. The van der Waals surface area contributed by atoms with Crippen molar-refractivity contribution < 1.29 is 14.5 Å². The van der Waals surface area contributed by atoms with Crippen LogP contribution < -0.4 is 5.32 Å². The molecule has 1 amide bonds. The number of amides is 1. The Bertz CT molecular complexity index is 156. The van der Waals surface area contributed by atoms with Crippen LogP contribution in [0, 0.1) is 0 Å². The van der Waals surface area contributed by atoms with Crippen molar-refractivity contribution in [2.75, 3.05) is 0 Å². The van der Waals surface area contributed by atoms with Gasteiger partial charge < -0.3 is 15.0 Å². The molecule has 0 aromatic heterocycles. The summed E-state index contributed by atoms with van der Waals surface area (Å²) in [4.78, 5) is 10.1. The minimum atomic E-state index is -0.839. The minimum Gasteiger partial charge on any atom is -0.426 e. The van der Waals surface area contributed by atoms with Gasteiger partial charge in [0, 0.05) is 6.10 Å². The highest BCUT2D eigenvalue weighted by Crippen LogP contribution is 2.17. The maximum atomic E-state index is 10.1. The lowest BCUT2D eigenvalue weighted by atomic mass is 9.72. The van der Waals surface area contributed by atoms with E-state index in [1.807, 2.05) is 6.92 Å². The maximum absolute atomic E-state index is 10.1. The summed E-state index contributed by atoms with van der Waals surface area (Å²) < 4.78 is 5.23. The van der Waals surface area contributed by atoms with Gasteiger partial charge in [-0.15, -0.1) is 0 Å². The maximum Gasteiger partial charge on any atom is 0.478 e. The molecule has 0 saturated carbocycles. The van der Waals surface area contributed by atoms with Gasteiger partial charge in [-0.3, -0.25) is 4.79 Å². The van der Waals surface area contributed by atoms with Crippen LogP contribution in [-0.2, 0) is 9.45 Å². The number of hydrogen-bond acceptors (Lipinski definition) is 3. The van der Waals surface area contributed by atoms with Gasteiger partial charge in [-0.2, -0.15) is 0 Å². The summed E-state index contributed by atoms with van der Waals surface area (Å²) in [6.45, 7) is 2.02. The third-order valence-electron chi connectivity index (χ3n) is 2.21. The minimum absolute atomic E-state index is 0.143. The Balaban J connectivity index is 2.36. The van der Waals surface area contributed by atoms with Gasteiger partial charge in [0.25, 0.3) is 0 Å². The first-order valence-corrected chi connectivity index (χ1v) is 4.31. The summed E-state index contributed by atoms with van der Waals surface area (Å²) in [6, 6.07) is 0. The van der Waals surface area contributed by atoms with E-state index in [0.717, 1.165) is 19.3 Å². The van der Waals surface area contributed by atoms with Gasteiger partial charge in [-0.05, 0) is 19.3 Å². The Morgan fingerprint density at radius 3 is 3.00 bits per heavy atom. The smallest absolute Gasteiger partial charge is 0.426 e. The van der Waals surface area contributed by atoms with Crippen molar-refractivity contribution in [1.29, 1.82) is 0 Å². The van der Waals surface area contributed by atoms with Crippen molar-refractivity contribution in [2.24, 2.45) is 0 Å². The molecule has 1 fully saturated rings. The van der Waals surface area contributed by atoms with E-state index in [2.05, 4.69) is 5.32 Å². The molecular formula is C7H14BNO3. The van der Waals surface area contributed by atoms with Crippen molar-refractivity contribution >= 4 is 13.5 Å². The average Bonchev–Trinajstić information content (AvgIpc) is 2.09. The molecule has 1 heterocycles. The molecule has 2 unspecified atom stereocenters. The van der Waals surface area contributed by atoms with Crippen molar-refractivity contribution in [3.05, 3.63) is 0 Å². The fraction of sp³-hybridized carbons (Fsp3) is 0.857. The fourth-order valence-electron chi connectivity index (χ4n) is 1.42. The van der Waals surface area contributed by atoms with Crippen LogP contribution in [0.25, 0.3) is 0 Å². The van der Waals surface area contributed by atoms with Crippen LogP contribution in [0.4, 0.5) is 0 Å². The van der Waals surface area contributed by atoms with E-state index >= 15 is 0 Å². The van der Waals surface area contributed by atoms with Gasteiger partial charge in [0.05, 0.1) is 5.94 Å². The molecule has 2 N–H and O–H groups in total. The predicted octanol–water partition coefficient (Wildman–Crippen LogP) is -0.290. The van der Waals surface area contributed by atoms with Crippen LogP contribution in [0.3, 0.4) is 0 Å². The van der Waals surface area contributed by atoms with Gasteiger partial charge in [0.15, 0.2) is 0 Å². The standard InChI is InChI=1S/C7H14BNO3/c1-2-6-3-4-7(9-5-10)8(11)12-6/h5-7,11H,2-4H2,1H3,(H,9,10). The molecule has 2 atom stereocenters. The molecule has 0 aromatic carbocycles.